The maximum absolute atomic E-state index is 13.1. The van der Waals surface area contributed by atoms with E-state index in [1.807, 2.05) is 17.8 Å². The Morgan fingerprint density at radius 2 is 2.00 bits per heavy atom. The number of aliphatic hydroxyl groups excluding tert-OH is 1. The molecular weight excluding hydrogens is 460 g/mol. The number of nitrogens with one attached hydrogen (secondary N) is 1. The van der Waals surface area contributed by atoms with Crippen molar-refractivity contribution in [3.63, 3.8) is 0 Å². The summed E-state index contributed by atoms with van der Waals surface area (Å²) in [6, 6.07) is 4.40. The van der Waals surface area contributed by atoms with Crippen LogP contribution in [0.1, 0.15) is 74.6 Å². The summed E-state index contributed by atoms with van der Waals surface area (Å²) in [5.74, 6) is 1.07. The number of hydrogen-bond acceptors (Lipinski definition) is 8. The number of amides is 1. The van der Waals surface area contributed by atoms with Gasteiger partial charge in [0.25, 0.3) is 5.91 Å². The van der Waals surface area contributed by atoms with E-state index in [2.05, 4.69) is 25.3 Å². The van der Waals surface area contributed by atoms with Crippen LogP contribution in [0, 0.1) is 5.92 Å². The largest absolute Gasteiger partial charge is 0.444 e. The summed E-state index contributed by atoms with van der Waals surface area (Å²) in [6.07, 6.45) is 10.8. The standard InChI is InChI=1S/C26H34N6O4/c1-26(2,35)23-20(13-32(30-23)19-6-4-16(14-33)5-7-19)28-24(34)21-15-36-25(29-21)17-10-11-27-22(12-17)31(3)18-8-9-18/h10-13,15-16,18-19,33,35H,4-9,14H2,1-3H3,(H,28,34). The first-order valence-corrected chi connectivity index (χ1v) is 12.6. The molecule has 1 amide bonds. The van der Waals surface area contributed by atoms with Crippen molar-refractivity contribution in [2.75, 3.05) is 23.9 Å². The number of nitrogens with zero attached hydrogens (tertiary/aromatic N) is 5. The topological polar surface area (TPSA) is 130 Å². The third kappa shape index (κ3) is 5.15. The van der Waals surface area contributed by atoms with Gasteiger partial charge < -0.3 is 24.8 Å². The molecule has 10 nitrogen and oxygen atoms in total. The minimum absolute atomic E-state index is 0.136. The Morgan fingerprint density at radius 1 is 1.25 bits per heavy atom. The van der Waals surface area contributed by atoms with Crippen LogP contribution in [0.2, 0.25) is 0 Å². The molecule has 0 saturated heterocycles. The van der Waals surface area contributed by atoms with Crippen LogP contribution < -0.4 is 10.2 Å². The first-order chi connectivity index (χ1) is 17.2. The summed E-state index contributed by atoms with van der Waals surface area (Å²) in [5, 5.41) is 27.6. The van der Waals surface area contributed by atoms with Crippen molar-refractivity contribution in [2.45, 2.75) is 70.1 Å². The lowest BCUT2D eigenvalue weighted by atomic mass is 9.87. The summed E-state index contributed by atoms with van der Waals surface area (Å²) in [7, 11) is 2.02. The lowest BCUT2D eigenvalue weighted by molar-refractivity contribution is 0.0729. The van der Waals surface area contributed by atoms with E-state index >= 15 is 0 Å². The van der Waals surface area contributed by atoms with Crippen LogP contribution in [0.15, 0.2) is 35.2 Å². The Labute approximate surface area is 210 Å². The number of carbonyl (C=O) groups excluding carboxylic acids is 1. The van der Waals surface area contributed by atoms with E-state index in [4.69, 9.17) is 4.42 Å². The molecule has 3 heterocycles. The van der Waals surface area contributed by atoms with Gasteiger partial charge in [-0.2, -0.15) is 5.10 Å². The van der Waals surface area contributed by atoms with Crippen LogP contribution >= 0.6 is 0 Å². The summed E-state index contributed by atoms with van der Waals surface area (Å²) < 4.78 is 7.46. The number of aliphatic hydroxyl groups is 2. The monoisotopic (exact) mass is 494 g/mol. The van der Waals surface area contributed by atoms with Crippen LogP contribution in [0.4, 0.5) is 11.5 Å². The third-order valence-electron chi connectivity index (χ3n) is 7.19. The van der Waals surface area contributed by atoms with Crippen molar-refractivity contribution in [2.24, 2.45) is 5.92 Å². The molecule has 3 aromatic heterocycles. The van der Waals surface area contributed by atoms with Gasteiger partial charge in [-0.3, -0.25) is 9.48 Å². The van der Waals surface area contributed by atoms with Crippen LogP contribution in [0.25, 0.3) is 11.5 Å². The zero-order valence-corrected chi connectivity index (χ0v) is 21.0. The van der Waals surface area contributed by atoms with Gasteiger partial charge in [-0.25, -0.2) is 9.97 Å². The number of pyridine rings is 1. The lowest BCUT2D eigenvalue weighted by Gasteiger charge is -2.27. The van der Waals surface area contributed by atoms with Crippen molar-refractivity contribution in [3.8, 4) is 11.5 Å². The highest BCUT2D eigenvalue weighted by Crippen LogP contribution is 2.35. The fraction of sp³-hybridized carbons (Fsp3) is 0.538. The van der Waals surface area contributed by atoms with Gasteiger partial charge in [0.05, 0.1) is 11.7 Å². The lowest BCUT2D eigenvalue weighted by Crippen LogP contribution is -2.22. The van der Waals surface area contributed by atoms with Crippen LogP contribution in [0.5, 0.6) is 0 Å². The van der Waals surface area contributed by atoms with E-state index in [9.17, 15) is 15.0 Å². The van der Waals surface area contributed by atoms with Gasteiger partial charge in [-0.15, -0.1) is 0 Å². The first kappa shape index (κ1) is 24.5. The minimum atomic E-state index is -1.24. The predicted molar refractivity (Wildman–Crippen MR) is 135 cm³/mol. The number of hydrogen-bond donors (Lipinski definition) is 3. The Balaban J connectivity index is 1.33. The average Bonchev–Trinajstić information content (AvgIpc) is 3.43. The van der Waals surface area contributed by atoms with Gasteiger partial charge in [0.1, 0.15) is 23.4 Å². The van der Waals surface area contributed by atoms with Crippen molar-refractivity contribution in [3.05, 3.63) is 42.2 Å². The molecule has 0 bridgehead atoms. The average molecular weight is 495 g/mol. The smallest absolute Gasteiger partial charge is 0.277 e. The summed E-state index contributed by atoms with van der Waals surface area (Å²) in [6.45, 7) is 3.50. The molecule has 0 radical (unpaired) electrons. The number of anilines is 2. The molecule has 3 aromatic rings. The Kier molecular flexibility index (Phi) is 6.57. The molecule has 36 heavy (non-hydrogen) atoms. The zero-order chi connectivity index (χ0) is 25.4. The molecule has 2 saturated carbocycles. The predicted octanol–water partition coefficient (Wildman–Crippen LogP) is 3.74. The minimum Gasteiger partial charge on any atom is -0.444 e. The van der Waals surface area contributed by atoms with Gasteiger partial charge in [0.2, 0.25) is 5.89 Å². The molecule has 0 aromatic carbocycles. The van der Waals surface area contributed by atoms with Crippen LogP contribution in [-0.2, 0) is 5.60 Å². The van der Waals surface area contributed by atoms with Crippen molar-refractivity contribution >= 4 is 17.4 Å². The highest BCUT2D eigenvalue weighted by atomic mass is 16.3. The summed E-state index contributed by atoms with van der Waals surface area (Å²) in [5.41, 5.74) is 0.475. The molecule has 0 spiro atoms. The molecule has 0 unspecified atom stereocenters. The molecule has 10 heteroatoms. The molecule has 2 aliphatic rings. The second kappa shape index (κ2) is 9.67. The van der Waals surface area contributed by atoms with E-state index in [1.165, 1.54) is 19.1 Å². The van der Waals surface area contributed by atoms with Crippen LogP contribution in [0.3, 0.4) is 0 Å². The van der Waals surface area contributed by atoms with E-state index in [1.54, 1.807) is 32.3 Å². The number of oxazole rings is 1. The second-order valence-corrected chi connectivity index (χ2v) is 10.5. The maximum atomic E-state index is 13.1. The summed E-state index contributed by atoms with van der Waals surface area (Å²) in [4.78, 5) is 24.1. The molecular formula is C26H34N6O4. The van der Waals surface area contributed by atoms with Gasteiger partial charge in [0, 0.05) is 37.7 Å². The molecule has 5 rings (SSSR count). The van der Waals surface area contributed by atoms with Crippen LogP contribution in [-0.4, -0.2) is 55.6 Å². The van der Waals surface area contributed by atoms with E-state index < -0.39 is 11.5 Å². The SMILES string of the molecule is CN(c1cc(-c2nc(C(=O)Nc3cn(C4CCC(CO)CC4)nc3C(C)(C)O)co2)ccn1)C1CC1. The molecule has 3 N–H and O–H groups in total. The number of rotatable bonds is 8. The van der Waals surface area contributed by atoms with Gasteiger partial charge in [-0.1, -0.05) is 0 Å². The maximum Gasteiger partial charge on any atom is 0.277 e. The fourth-order valence-corrected chi connectivity index (χ4v) is 4.80. The molecule has 192 valence electrons. The first-order valence-electron chi connectivity index (χ1n) is 12.6. The van der Waals surface area contributed by atoms with E-state index in [0.717, 1.165) is 37.1 Å². The van der Waals surface area contributed by atoms with Gasteiger partial charge >= 0.3 is 0 Å². The molecule has 2 fully saturated rings. The zero-order valence-electron chi connectivity index (χ0n) is 21.0. The van der Waals surface area contributed by atoms with Crippen molar-refractivity contribution in [1.29, 1.82) is 0 Å². The molecule has 0 aliphatic heterocycles. The Hall–Kier alpha value is -3.24. The van der Waals surface area contributed by atoms with Gasteiger partial charge in [0.15, 0.2) is 5.69 Å². The molecule has 2 aliphatic carbocycles. The summed E-state index contributed by atoms with van der Waals surface area (Å²) >= 11 is 0. The molecule has 0 atom stereocenters. The van der Waals surface area contributed by atoms with E-state index in [0.29, 0.717) is 29.2 Å². The second-order valence-electron chi connectivity index (χ2n) is 10.5. The van der Waals surface area contributed by atoms with Gasteiger partial charge in [-0.05, 0) is 70.4 Å². The highest BCUT2D eigenvalue weighted by Gasteiger charge is 2.30. The van der Waals surface area contributed by atoms with Crippen molar-refractivity contribution < 1.29 is 19.4 Å². The number of aromatic nitrogens is 4. The highest BCUT2D eigenvalue weighted by molar-refractivity contribution is 6.03. The quantitative estimate of drug-likeness (QED) is 0.432. The number of carbonyl (C=O) groups is 1. The Bertz CT molecular complexity index is 1220. The Morgan fingerprint density at radius 3 is 2.67 bits per heavy atom. The third-order valence-corrected chi connectivity index (χ3v) is 7.19. The van der Waals surface area contributed by atoms with Crippen molar-refractivity contribution in [1.82, 2.24) is 19.7 Å². The normalized spacial score (nSPS) is 20.4. The fourth-order valence-electron chi connectivity index (χ4n) is 4.80. The van der Waals surface area contributed by atoms with E-state index in [-0.39, 0.29) is 18.3 Å².